The number of carbonyl (C=O) groups excluding carboxylic acids is 3. The number of hydrogen-bond acceptors (Lipinski definition) is 5. The maximum atomic E-state index is 12.4. The minimum Gasteiger partial charge on any atom is -0.302 e. The number of fused-ring (bicyclic) bond motifs is 2. The van der Waals surface area contributed by atoms with Crippen LogP contribution in [0.5, 0.6) is 0 Å². The van der Waals surface area contributed by atoms with Gasteiger partial charge in [0.1, 0.15) is 0 Å². The molecule has 3 amide bonds. The number of allylic oxidation sites excluding steroid dienone is 2. The molecular formula is C18H16ClN3O3S. The first-order valence-corrected chi connectivity index (χ1v) is 9.58. The summed E-state index contributed by atoms with van der Waals surface area (Å²) in [6.07, 6.45) is 5.16. The van der Waals surface area contributed by atoms with Crippen molar-refractivity contribution >= 4 is 56.0 Å². The molecule has 6 nitrogen and oxygen atoms in total. The summed E-state index contributed by atoms with van der Waals surface area (Å²) in [4.78, 5) is 42.6. The number of anilines is 1. The van der Waals surface area contributed by atoms with Crippen LogP contribution >= 0.6 is 22.9 Å². The van der Waals surface area contributed by atoms with E-state index in [0.29, 0.717) is 23.0 Å². The fourth-order valence-electron chi connectivity index (χ4n) is 3.44. The molecule has 1 fully saturated rings. The molecular weight excluding hydrogens is 374 g/mol. The van der Waals surface area contributed by atoms with Crippen molar-refractivity contribution in [3.63, 3.8) is 0 Å². The Hall–Kier alpha value is -2.25. The second-order valence-electron chi connectivity index (χ2n) is 6.41. The van der Waals surface area contributed by atoms with Gasteiger partial charge < -0.3 is 5.32 Å². The Morgan fingerprint density at radius 1 is 1.23 bits per heavy atom. The predicted molar refractivity (Wildman–Crippen MR) is 100.0 cm³/mol. The molecule has 1 aromatic heterocycles. The summed E-state index contributed by atoms with van der Waals surface area (Å²) >= 11 is 7.29. The molecule has 2 aromatic rings. The maximum Gasteiger partial charge on any atom is 0.233 e. The van der Waals surface area contributed by atoms with E-state index < -0.39 is 0 Å². The van der Waals surface area contributed by atoms with Crippen LogP contribution in [0, 0.1) is 11.8 Å². The number of nitrogens with zero attached hydrogens (tertiary/aromatic N) is 2. The Labute approximate surface area is 158 Å². The van der Waals surface area contributed by atoms with Crippen molar-refractivity contribution in [1.82, 2.24) is 9.88 Å². The third-order valence-electron chi connectivity index (χ3n) is 4.76. The van der Waals surface area contributed by atoms with Crippen molar-refractivity contribution in [1.29, 1.82) is 0 Å². The average molecular weight is 390 g/mol. The first-order valence-electron chi connectivity index (χ1n) is 8.39. The molecule has 134 valence electrons. The highest BCUT2D eigenvalue weighted by Gasteiger charge is 2.46. The number of likely N-dealkylation sites (tertiary alicyclic amines) is 1. The van der Waals surface area contributed by atoms with E-state index in [1.165, 1.54) is 16.2 Å². The first kappa shape index (κ1) is 17.2. The maximum absolute atomic E-state index is 12.4. The fourth-order valence-corrected chi connectivity index (χ4v) is 4.59. The second-order valence-corrected chi connectivity index (χ2v) is 7.88. The lowest BCUT2D eigenvalue weighted by atomic mass is 9.85. The zero-order chi connectivity index (χ0) is 18.3. The normalized spacial score (nSPS) is 22.1. The quantitative estimate of drug-likeness (QED) is 0.643. The van der Waals surface area contributed by atoms with E-state index in [4.69, 9.17) is 11.6 Å². The largest absolute Gasteiger partial charge is 0.302 e. The van der Waals surface area contributed by atoms with Crippen LogP contribution in [0.2, 0.25) is 5.02 Å². The van der Waals surface area contributed by atoms with Gasteiger partial charge in [-0.1, -0.05) is 35.1 Å². The molecule has 1 saturated heterocycles. The third-order valence-corrected chi connectivity index (χ3v) is 5.93. The molecule has 1 aliphatic heterocycles. The molecule has 0 unspecified atom stereocenters. The first-order chi connectivity index (χ1) is 12.5. The standard InChI is InChI=1S/C18H16ClN3O3S/c19-10-5-6-13-14(9-10)26-18(20-13)21-15(23)7-8-22-16(24)11-3-1-2-4-12(11)17(22)25/h1-2,5-6,9,11-12H,3-4,7-8H2,(H,20,21,23)/t11-,12+. The van der Waals surface area contributed by atoms with Crippen molar-refractivity contribution in [2.45, 2.75) is 19.3 Å². The Morgan fingerprint density at radius 3 is 2.62 bits per heavy atom. The van der Waals surface area contributed by atoms with Crippen molar-refractivity contribution in [3.8, 4) is 0 Å². The molecule has 1 aliphatic carbocycles. The molecule has 1 N–H and O–H groups in total. The molecule has 1 aromatic carbocycles. The predicted octanol–water partition coefficient (Wildman–Crippen LogP) is 3.23. The number of nitrogens with one attached hydrogen (secondary N) is 1. The van der Waals surface area contributed by atoms with Gasteiger partial charge in [0.15, 0.2) is 5.13 Å². The van der Waals surface area contributed by atoms with E-state index in [1.54, 1.807) is 18.2 Å². The van der Waals surface area contributed by atoms with Crippen LogP contribution < -0.4 is 5.32 Å². The van der Waals surface area contributed by atoms with E-state index in [1.807, 2.05) is 12.2 Å². The number of imide groups is 1. The minimum absolute atomic E-state index is 0.0566. The molecule has 26 heavy (non-hydrogen) atoms. The van der Waals surface area contributed by atoms with E-state index in [2.05, 4.69) is 10.3 Å². The van der Waals surface area contributed by atoms with Crippen LogP contribution in [0.4, 0.5) is 5.13 Å². The molecule has 0 bridgehead atoms. The molecule has 8 heteroatoms. The molecule has 0 saturated carbocycles. The average Bonchev–Trinajstić information content (AvgIpc) is 3.12. The summed E-state index contributed by atoms with van der Waals surface area (Å²) in [6.45, 7) is 0.104. The fraction of sp³-hybridized carbons (Fsp3) is 0.333. The number of carbonyl (C=O) groups is 3. The van der Waals surface area contributed by atoms with Gasteiger partial charge in [-0.3, -0.25) is 19.3 Å². The summed E-state index contributed by atoms with van der Waals surface area (Å²) in [7, 11) is 0. The van der Waals surface area contributed by atoms with Gasteiger partial charge in [0.25, 0.3) is 0 Å². The Bertz CT molecular complexity index is 913. The second kappa shape index (κ2) is 6.81. The van der Waals surface area contributed by atoms with Crippen LogP contribution in [-0.4, -0.2) is 34.2 Å². The number of benzene rings is 1. The molecule has 2 aliphatic rings. The molecule has 2 heterocycles. The lowest BCUT2D eigenvalue weighted by molar-refractivity contribution is -0.140. The number of amides is 3. The SMILES string of the molecule is O=C(CCN1C(=O)[C@H]2CC=CC[C@H]2C1=O)Nc1nc2ccc(Cl)cc2s1. The van der Waals surface area contributed by atoms with Crippen LogP contribution in [-0.2, 0) is 14.4 Å². The monoisotopic (exact) mass is 389 g/mol. The van der Waals surface area contributed by atoms with Gasteiger partial charge in [0.05, 0.1) is 22.1 Å². The van der Waals surface area contributed by atoms with Gasteiger partial charge in [0.2, 0.25) is 17.7 Å². The van der Waals surface area contributed by atoms with Gasteiger partial charge in [-0.2, -0.15) is 0 Å². The van der Waals surface area contributed by atoms with E-state index >= 15 is 0 Å². The Balaban J connectivity index is 1.37. The van der Waals surface area contributed by atoms with Crippen LogP contribution in [0.15, 0.2) is 30.4 Å². The topological polar surface area (TPSA) is 79.4 Å². The molecule has 0 radical (unpaired) electrons. The smallest absolute Gasteiger partial charge is 0.233 e. The molecule has 0 spiro atoms. The van der Waals surface area contributed by atoms with Crippen molar-refractivity contribution in [2.75, 3.05) is 11.9 Å². The number of aromatic nitrogens is 1. The van der Waals surface area contributed by atoms with Crippen LogP contribution in [0.25, 0.3) is 10.2 Å². The van der Waals surface area contributed by atoms with Gasteiger partial charge in [-0.15, -0.1) is 0 Å². The van der Waals surface area contributed by atoms with Gasteiger partial charge >= 0.3 is 0 Å². The number of hydrogen-bond donors (Lipinski definition) is 1. The summed E-state index contributed by atoms with van der Waals surface area (Å²) in [5, 5.41) is 3.82. The summed E-state index contributed by atoms with van der Waals surface area (Å²) < 4.78 is 0.884. The van der Waals surface area contributed by atoms with Crippen molar-refractivity contribution in [3.05, 3.63) is 35.4 Å². The highest BCUT2D eigenvalue weighted by Crippen LogP contribution is 2.35. The van der Waals surface area contributed by atoms with Crippen molar-refractivity contribution in [2.24, 2.45) is 11.8 Å². The van der Waals surface area contributed by atoms with Crippen molar-refractivity contribution < 1.29 is 14.4 Å². The Kier molecular flexibility index (Phi) is 4.50. The van der Waals surface area contributed by atoms with Crippen LogP contribution in [0.1, 0.15) is 19.3 Å². The number of thiazole rings is 1. The van der Waals surface area contributed by atoms with E-state index in [0.717, 1.165) is 10.2 Å². The highest BCUT2D eigenvalue weighted by molar-refractivity contribution is 7.22. The minimum atomic E-state index is -0.274. The number of rotatable bonds is 4. The molecule has 4 rings (SSSR count). The van der Waals surface area contributed by atoms with E-state index in [-0.39, 0.29) is 42.5 Å². The van der Waals surface area contributed by atoms with Gasteiger partial charge in [-0.25, -0.2) is 4.98 Å². The van der Waals surface area contributed by atoms with E-state index in [9.17, 15) is 14.4 Å². The van der Waals surface area contributed by atoms with Crippen LogP contribution in [0.3, 0.4) is 0 Å². The Morgan fingerprint density at radius 2 is 1.92 bits per heavy atom. The zero-order valence-corrected chi connectivity index (χ0v) is 15.3. The highest BCUT2D eigenvalue weighted by atomic mass is 35.5. The summed E-state index contributed by atoms with van der Waals surface area (Å²) in [5.41, 5.74) is 0.760. The zero-order valence-electron chi connectivity index (χ0n) is 13.8. The summed E-state index contributed by atoms with van der Waals surface area (Å²) in [6, 6.07) is 5.33. The summed E-state index contributed by atoms with van der Waals surface area (Å²) in [5.74, 6) is -1.11. The number of halogens is 1. The third kappa shape index (κ3) is 3.12. The molecule has 2 atom stereocenters. The lowest BCUT2D eigenvalue weighted by Gasteiger charge is -2.14. The van der Waals surface area contributed by atoms with Gasteiger partial charge in [-0.05, 0) is 31.0 Å². The lowest BCUT2D eigenvalue weighted by Crippen LogP contribution is -2.34. The van der Waals surface area contributed by atoms with Gasteiger partial charge in [0, 0.05) is 18.0 Å².